The molecule has 1 aromatic carbocycles. The normalized spacial score (nSPS) is 11.3. The van der Waals surface area contributed by atoms with E-state index in [1.807, 2.05) is 30.5 Å². The predicted molar refractivity (Wildman–Crippen MR) is 112 cm³/mol. The van der Waals surface area contributed by atoms with Crippen LogP contribution in [-0.4, -0.2) is 26.2 Å². The number of amides is 1. The Morgan fingerprint density at radius 3 is 2.78 bits per heavy atom. The van der Waals surface area contributed by atoms with E-state index in [0.717, 1.165) is 12.1 Å². The van der Waals surface area contributed by atoms with Gasteiger partial charge in [0.1, 0.15) is 0 Å². The molecule has 2 aromatic heterocycles. The molecule has 0 aliphatic rings. The summed E-state index contributed by atoms with van der Waals surface area (Å²) in [5, 5.41) is 6.44. The molecule has 0 radical (unpaired) electrons. The van der Waals surface area contributed by atoms with Crippen LogP contribution in [-0.2, 0) is 11.3 Å². The van der Waals surface area contributed by atoms with Gasteiger partial charge in [0, 0.05) is 11.9 Å². The number of carbonyl (C=O) groups is 1. The van der Waals surface area contributed by atoms with Crippen LogP contribution in [0.5, 0.6) is 0 Å². The van der Waals surface area contributed by atoms with Crippen molar-refractivity contribution in [3.8, 4) is 0 Å². The van der Waals surface area contributed by atoms with Gasteiger partial charge < -0.3 is 5.32 Å². The third-order valence-electron chi connectivity index (χ3n) is 3.95. The first kappa shape index (κ1) is 19.6. The lowest BCUT2D eigenvalue weighted by molar-refractivity contribution is -0.113. The molecule has 6 nitrogen and oxygen atoms in total. The highest BCUT2D eigenvalue weighted by molar-refractivity contribution is 7.99. The van der Waals surface area contributed by atoms with E-state index in [-0.39, 0.29) is 17.2 Å². The monoisotopic (exact) mass is 402 g/mol. The summed E-state index contributed by atoms with van der Waals surface area (Å²) >= 11 is 2.67. The van der Waals surface area contributed by atoms with Crippen molar-refractivity contribution >= 4 is 45.0 Å². The molecule has 0 saturated heterocycles. The number of aryl methyl sites for hydroxylation is 1. The van der Waals surface area contributed by atoms with Gasteiger partial charge in [0.05, 0.1) is 22.3 Å². The van der Waals surface area contributed by atoms with Crippen molar-refractivity contribution in [3.63, 3.8) is 0 Å². The van der Waals surface area contributed by atoms with Gasteiger partial charge in [-0.1, -0.05) is 37.7 Å². The summed E-state index contributed by atoms with van der Waals surface area (Å²) in [6.45, 7) is 6.71. The second kappa shape index (κ2) is 8.67. The zero-order chi connectivity index (χ0) is 19.4. The van der Waals surface area contributed by atoms with Gasteiger partial charge in [-0.05, 0) is 31.4 Å². The minimum absolute atomic E-state index is 0.0558. The summed E-state index contributed by atoms with van der Waals surface area (Å²) in [4.78, 5) is 34.0. The molecule has 0 unspecified atom stereocenters. The Kier molecular flexibility index (Phi) is 6.28. The highest BCUT2D eigenvalue weighted by Crippen LogP contribution is 2.20. The Morgan fingerprint density at radius 1 is 1.30 bits per heavy atom. The van der Waals surface area contributed by atoms with Gasteiger partial charge in [-0.3, -0.25) is 14.2 Å². The van der Waals surface area contributed by atoms with Crippen LogP contribution < -0.4 is 10.9 Å². The number of hydrogen-bond acceptors (Lipinski definition) is 6. The first-order valence-electron chi connectivity index (χ1n) is 8.78. The topological polar surface area (TPSA) is 76.9 Å². The third-order valence-corrected chi connectivity index (χ3v) is 5.81. The molecular weight excluding hydrogens is 380 g/mol. The van der Waals surface area contributed by atoms with Crippen LogP contribution in [0.1, 0.15) is 26.0 Å². The number of hydrogen-bond donors (Lipinski definition) is 1. The number of thiazole rings is 1. The fourth-order valence-corrected chi connectivity index (χ4v) is 4.07. The molecule has 0 aliphatic heterocycles. The zero-order valence-electron chi connectivity index (χ0n) is 15.6. The lowest BCUT2D eigenvalue weighted by Crippen LogP contribution is -2.25. The van der Waals surface area contributed by atoms with Crippen molar-refractivity contribution in [2.45, 2.75) is 38.9 Å². The van der Waals surface area contributed by atoms with Gasteiger partial charge in [-0.15, -0.1) is 11.3 Å². The van der Waals surface area contributed by atoms with Crippen LogP contribution in [0.25, 0.3) is 10.9 Å². The fraction of sp³-hybridized carbons (Fsp3) is 0.368. The summed E-state index contributed by atoms with van der Waals surface area (Å²) in [7, 11) is 0. The second-order valence-corrected chi connectivity index (χ2v) is 8.48. The van der Waals surface area contributed by atoms with Crippen LogP contribution in [0.3, 0.4) is 0 Å². The van der Waals surface area contributed by atoms with Crippen molar-refractivity contribution in [1.29, 1.82) is 0 Å². The average Bonchev–Trinajstić information content (AvgIpc) is 3.04. The lowest BCUT2D eigenvalue weighted by Gasteiger charge is -2.14. The van der Waals surface area contributed by atoms with E-state index < -0.39 is 0 Å². The molecule has 0 spiro atoms. The molecule has 0 atom stereocenters. The number of thioether (sulfide) groups is 1. The average molecular weight is 403 g/mol. The van der Waals surface area contributed by atoms with Crippen LogP contribution in [0, 0.1) is 12.8 Å². The molecule has 142 valence electrons. The number of fused-ring (bicyclic) bond motifs is 1. The molecular formula is C19H22N4O2S2. The van der Waals surface area contributed by atoms with Crippen LogP contribution in [0.15, 0.2) is 39.6 Å². The smallest absolute Gasteiger partial charge is 0.262 e. The molecule has 3 rings (SSSR count). The molecule has 1 amide bonds. The van der Waals surface area contributed by atoms with Crippen molar-refractivity contribution < 1.29 is 4.79 Å². The van der Waals surface area contributed by atoms with Gasteiger partial charge in [0.15, 0.2) is 10.3 Å². The Balaban J connectivity index is 1.81. The fourth-order valence-electron chi connectivity index (χ4n) is 2.54. The van der Waals surface area contributed by atoms with E-state index in [0.29, 0.717) is 33.7 Å². The summed E-state index contributed by atoms with van der Waals surface area (Å²) < 4.78 is 1.69. The maximum absolute atomic E-state index is 12.9. The maximum atomic E-state index is 12.9. The SMILES string of the molecule is Cc1csc(NC(=O)CSc2nc3ccccc3c(=O)n2CCC(C)C)n1. The van der Waals surface area contributed by atoms with E-state index in [2.05, 4.69) is 29.1 Å². The van der Waals surface area contributed by atoms with Crippen molar-refractivity contribution in [3.05, 3.63) is 45.7 Å². The first-order valence-corrected chi connectivity index (χ1v) is 10.6. The molecule has 27 heavy (non-hydrogen) atoms. The van der Waals surface area contributed by atoms with E-state index in [4.69, 9.17) is 0 Å². The van der Waals surface area contributed by atoms with E-state index in [1.54, 1.807) is 10.6 Å². The number of anilines is 1. The number of para-hydroxylation sites is 1. The van der Waals surface area contributed by atoms with Gasteiger partial charge in [-0.25, -0.2) is 9.97 Å². The molecule has 3 aromatic rings. The Bertz CT molecular complexity index is 1010. The molecule has 8 heteroatoms. The number of benzene rings is 1. The third kappa shape index (κ3) is 4.95. The van der Waals surface area contributed by atoms with E-state index in [9.17, 15) is 9.59 Å². The second-order valence-electron chi connectivity index (χ2n) is 6.68. The minimum Gasteiger partial charge on any atom is -0.301 e. The summed E-state index contributed by atoms with van der Waals surface area (Å²) in [5.41, 5.74) is 1.48. The number of aromatic nitrogens is 3. The molecule has 2 heterocycles. The number of nitrogens with one attached hydrogen (secondary N) is 1. The Hall–Kier alpha value is -2.19. The lowest BCUT2D eigenvalue weighted by atomic mass is 10.1. The predicted octanol–water partition coefficient (Wildman–Crippen LogP) is 3.94. The van der Waals surface area contributed by atoms with Crippen LogP contribution in [0.2, 0.25) is 0 Å². The van der Waals surface area contributed by atoms with Crippen LogP contribution in [0.4, 0.5) is 5.13 Å². The van der Waals surface area contributed by atoms with Crippen molar-refractivity contribution in [2.75, 3.05) is 11.1 Å². The van der Waals surface area contributed by atoms with Gasteiger partial charge in [0.2, 0.25) is 5.91 Å². The number of rotatable bonds is 7. The minimum atomic E-state index is -0.160. The molecule has 0 aliphatic carbocycles. The molecule has 1 N–H and O–H groups in total. The highest BCUT2D eigenvalue weighted by Gasteiger charge is 2.14. The van der Waals surface area contributed by atoms with Gasteiger partial charge in [0.25, 0.3) is 5.56 Å². The van der Waals surface area contributed by atoms with Crippen molar-refractivity contribution in [1.82, 2.24) is 14.5 Å². The summed E-state index contributed by atoms with van der Waals surface area (Å²) in [6.07, 6.45) is 0.873. The number of carbonyl (C=O) groups excluding carboxylic acids is 1. The molecule has 0 bridgehead atoms. The van der Waals surface area contributed by atoms with E-state index >= 15 is 0 Å². The zero-order valence-corrected chi connectivity index (χ0v) is 17.2. The standard InChI is InChI=1S/C19H22N4O2S2/c1-12(2)8-9-23-17(25)14-6-4-5-7-15(14)21-19(23)27-11-16(24)22-18-20-13(3)10-26-18/h4-7,10,12H,8-9,11H2,1-3H3,(H,20,22,24). The largest absolute Gasteiger partial charge is 0.301 e. The van der Waals surface area contributed by atoms with Gasteiger partial charge in [-0.2, -0.15) is 0 Å². The molecule has 0 saturated carbocycles. The van der Waals surface area contributed by atoms with E-state index in [1.165, 1.54) is 23.1 Å². The first-order chi connectivity index (χ1) is 12.9. The Morgan fingerprint density at radius 2 is 2.07 bits per heavy atom. The van der Waals surface area contributed by atoms with Gasteiger partial charge >= 0.3 is 0 Å². The number of nitrogens with zero attached hydrogens (tertiary/aromatic N) is 3. The summed E-state index contributed by atoms with van der Waals surface area (Å²) in [6, 6.07) is 7.32. The highest BCUT2D eigenvalue weighted by atomic mass is 32.2. The summed E-state index contributed by atoms with van der Waals surface area (Å²) in [5.74, 6) is 0.482. The maximum Gasteiger partial charge on any atom is 0.262 e. The Labute approximate surface area is 166 Å². The quantitative estimate of drug-likeness (QED) is 0.478. The molecule has 0 fully saturated rings. The van der Waals surface area contributed by atoms with Crippen molar-refractivity contribution in [2.24, 2.45) is 5.92 Å². The van der Waals surface area contributed by atoms with Crippen LogP contribution >= 0.6 is 23.1 Å².